The van der Waals surface area contributed by atoms with Crippen molar-refractivity contribution < 1.29 is 13.2 Å². The highest BCUT2D eigenvalue weighted by atomic mass is 32.2. The van der Waals surface area contributed by atoms with Crippen LogP contribution in [0.25, 0.3) is 0 Å². The number of sulfonamides is 1. The van der Waals surface area contributed by atoms with Crippen molar-refractivity contribution in [3.8, 4) is 0 Å². The van der Waals surface area contributed by atoms with Gasteiger partial charge in [0.25, 0.3) is 10.0 Å². The van der Waals surface area contributed by atoms with Crippen molar-refractivity contribution in [1.82, 2.24) is 23.7 Å². The first-order valence-corrected chi connectivity index (χ1v) is 11.7. The SMILES string of the molecule is CN1CCCC2(CCN(S(=O)(=O)c3cn(C)cn3)CC2)C1C(=O)N1CCCC1. The number of likely N-dealkylation sites (N-methyl/N-ethyl adjacent to an activating group) is 1. The average Bonchev–Trinajstić information content (AvgIpc) is 3.34. The number of amides is 1. The number of carbonyl (C=O) groups excluding carboxylic acids is 1. The summed E-state index contributed by atoms with van der Waals surface area (Å²) in [5.74, 6) is 0.251. The molecule has 4 rings (SSSR count). The maximum atomic E-state index is 13.3. The molecule has 8 nitrogen and oxygen atoms in total. The predicted octanol–water partition coefficient (Wildman–Crippen LogP) is 0.908. The summed E-state index contributed by atoms with van der Waals surface area (Å²) in [6, 6.07) is -0.126. The molecule has 1 aromatic heterocycles. The van der Waals surface area contributed by atoms with Gasteiger partial charge in [-0.05, 0) is 57.5 Å². The van der Waals surface area contributed by atoms with Gasteiger partial charge in [-0.2, -0.15) is 4.31 Å². The van der Waals surface area contributed by atoms with Crippen molar-refractivity contribution in [3.63, 3.8) is 0 Å². The molecule has 3 aliphatic heterocycles. The molecule has 1 aromatic rings. The fourth-order valence-corrected chi connectivity index (χ4v) is 6.73. The Hall–Kier alpha value is -1.45. The van der Waals surface area contributed by atoms with Gasteiger partial charge in [0.05, 0.1) is 12.4 Å². The average molecular weight is 410 g/mol. The molecule has 28 heavy (non-hydrogen) atoms. The number of hydrogen-bond donors (Lipinski definition) is 0. The van der Waals surface area contributed by atoms with E-state index in [9.17, 15) is 13.2 Å². The normalized spacial score (nSPS) is 26.8. The van der Waals surface area contributed by atoms with E-state index in [1.54, 1.807) is 22.1 Å². The monoisotopic (exact) mass is 409 g/mol. The molecular weight excluding hydrogens is 378 g/mol. The van der Waals surface area contributed by atoms with Crippen LogP contribution >= 0.6 is 0 Å². The smallest absolute Gasteiger partial charge is 0.262 e. The van der Waals surface area contributed by atoms with Gasteiger partial charge in [0.2, 0.25) is 5.91 Å². The number of aromatic nitrogens is 2. The fraction of sp³-hybridized carbons (Fsp3) is 0.789. The highest BCUT2D eigenvalue weighted by Crippen LogP contribution is 2.45. The third kappa shape index (κ3) is 3.37. The van der Waals surface area contributed by atoms with Crippen LogP contribution in [-0.4, -0.2) is 83.8 Å². The second-order valence-corrected chi connectivity index (χ2v) is 10.5. The molecular formula is C19H31N5O3S. The lowest BCUT2D eigenvalue weighted by molar-refractivity contribution is -0.145. The lowest BCUT2D eigenvalue weighted by Gasteiger charge is -2.52. The number of carbonyl (C=O) groups is 1. The molecule has 0 radical (unpaired) electrons. The molecule has 1 atom stereocenters. The molecule has 1 spiro atoms. The number of piperidine rings is 2. The predicted molar refractivity (Wildman–Crippen MR) is 105 cm³/mol. The zero-order valence-corrected chi connectivity index (χ0v) is 17.7. The maximum Gasteiger partial charge on any atom is 0.262 e. The summed E-state index contributed by atoms with van der Waals surface area (Å²) < 4.78 is 29.1. The minimum atomic E-state index is -3.57. The van der Waals surface area contributed by atoms with E-state index in [4.69, 9.17) is 0 Å². The first kappa shape index (κ1) is 19.8. The molecule has 9 heteroatoms. The quantitative estimate of drug-likeness (QED) is 0.741. The van der Waals surface area contributed by atoms with Crippen molar-refractivity contribution in [1.29, 1.82) is 0 Å². The topological polar surface area (TPSA) is 78.8 Å². The summed E-state index contributed by atoms with van der Waals surface area (Å²) in [5.41, 5.74) is -0.122. The van der Waals surface area contributed by atoms with E-state index in [2.05, 4.69) is 16.9 Å². The summed E-state index contributed by atoms with van der Waals surface area (Å²) in [7, 11) is 0.249. The van der Waals surface area contributed by atoms with Crippen molar-refractivity contribution in [2.45, 2.75) is 49.6 Å². The van der Waals surface area contributed by atoms with Gasteiger partial charge >= 0.3 is 0 Å². The third-order valence-corrected chi connectivity index (χ3v) is 8.65. The van der Waals surface area contributed by atoms with Gasteiger partial charge in [-0.3, -0.25) is 9.69 Å². The molecule has 0 N–H and O–H groups in total. The molecule has 1 unspecified atom stereocenters. The van der Waals surface area contributed by atoms with E-state index in [0.29, 0.717) is 13.1 Å². The highest BCUT2D eigenvalue weighted by Gasteiger charge is 2.51. The van der Waals surface area contributed by atoms with Crippen molar-refractivity contribution >= 4 is 15.9 Å². The van der Waals surface area contributed by atoms with Gasteiger partial charge in [-0.1, -0.05) is 0 Å². The minimum absolute atomic E-state index is 0.108. The van der Waals surface area contributed by atoms with E-state index in [1.807, 2.05) is 4.90 Å². The first-order valence-electron chi connectivity index (χ1n) is 10.3. The van der Waals surface area contributed by atoms with Gasteiger partial charge in [0.15, 0.2) is 5.03 Å². The zero-order valence-electron chi connectivity index (χ0n) is 16.9. The minimum Gasteiger partial charge on any atom is -0.341 e. The Balaban J connectivity index is 1.53. The van der Waals surface area contributed by atoms with Gasteiger partial charge in [-0.15, -0.1) is 0 Å². The highest BCUT2D eigenvalue weighted by molar-refractivity contribution is 7.89. The molecule has 0 bridgehead atoms. The van der Waals surface area contributed by atoms with Crippen LogP contribution in [0, 0.1) is 5.41 Å². The van der Waals surface area contributed by atoms with Crippen LogP contribution < -0.4 is 0 Å². The number of rotatable bonds is 3. The Morgan fingerprint density at radius 1 is 1.04 bits per heavy atom. The number of imidazole rings is 1. The van der Waals surface area contributed by atoms with E-state index in [1.165, 1.54) is 6.33 Å². The largest absolute Gasteiger partial charge is 0.341 e. The Morgan fingerprint density at radius 2 is 1.71 bits per heavy atom. The van der Waals surface area contributed by atoms with Crippen LogP contribution in [0.4, 0.5) is 0 Å². The Bertz CT molecular complexity index is 822. The van der Waals surface area contributed by atoms with Crippen LogP contribution in [0.3, 0.4) is 0 Å². The molecule has 156 valence electrons. The standard InChI is InChI=1S/C19H31N5O3S/c1-21-14-16(20-15-21)28(26,27)24-12-7-19(8-13-24)6-5-9-22(2)17(19)18(25)23-10-3-4-11-23/h14-15,17H,3-13H2,1-2H3. The van der Waals surface area contributed by atoms with Crippen molar-refractivity contribution in [3.05, 3.63) is 12.5 Å². The number of aryl methyl sites for hydroxylation is 1. The second-order valence-electron chi connectivity index (χ2n) is 8.66. The van der Waals surface area contributed by atoms with Crippen molar-refractivity contribution in [2.75, 3.05) is 39.8 Å². The molecule has 0 aliphatic carbocycles. The van der Waals surface area contributed by atoms with Crippen LogP contribution in [0.1, 0.15) is 38.5 Å². The van der Waals surface area contributed by atoms with Gasteiger partial charge in [0, 0.05) is 39.4 Å². The molecule has 3 fully saturated rings. The summed E-state index contributed by atoms with van der Waals surface area (Å²) in [5, 5.41) is 0.108. The molecule has 0 saturated carbocycles. The first-order chi connectivity index (χ1) is 13.3. The second kappa shape index (κ2) is 7.42. The molecule has 1 amide bonds. The van der Waals surface area contributed by atoms with Crippen LogP contribution in [0.5, 0.6) is 0 Å². The molecule has 0 aromatic carbocycles. The number of hydrogen-bond acceptors (Lipinski definition) is 5. The fourth-order valence-electron chi connectivity index (χ4n) is 5.32. The van der Waals surface area contributed by atoms with E-state index in [-0.39, 0.29) is 22.4 Å². The van der Waals surface area contributed by atoms with Gasteiger partial charge in [0.1, 0.15) is 0 Å². The lowest BCUT2D eigenvalue weighted by atomic mass is 9.66. The Labute approximate surface area is 167 Å². The lowest BCUT2D eigenvalue weighted by Crippen LogP contribution is -2.61. The Kier molecular flexibility index (Phi) is 5.26. The zero-order chi connectivity index (χ0) is 19.9. The van der Waals surface area contributed by atoms with Crippen LogP contribution in [0.15, 0.2) is 17.6 Å². The van der Waals surface area contributed by atoms with Crippen LogP contribution in [-0.2, 0) is 21.9 Å². The summed E-state index contributed by atoms with van der Waals surface area (Å²) in [6.45, 7) is 3.56. The summed E-state index contributed by atoms with van der Waals surface area (Å²) in [6.07, 6.45) is 8.76. The number of likely N-dealkylation sites (tertiary alicyclic amines) is 2. The maximum absolute atomic E-state index is 13.3. The number of nitrogens with zero attached hydrogens (tertiary/aromatic N) is 5. The summed E-state index contributed by atoms with van der Waals surface area (Å²) in [4.78, 5) is 21.6. The molecule has 3 saturated heterocycles. The summed E-state index contributed by atoms with van der Waals surface area (Å²) >= 11 is 0. The van der Waals surface area contributed by atoms with Gasteiger partial charge < -0.3 is 9.47 Å². The van der Waals surface area contributed by atoms with Gasteiger partial charge in [-0.25, -0.2) is 13.4 Å². The van der Waals surface area contributed by atoms with E-state index in [0.717, 1.165) is 58.2 Å². The van der Waals surface area contributed by atoms with Crippen LogP contribution in [0.2, 0.25) is 0 Å². The van der Waals surface area contributed by atoms with E-state index < -0.39 is 10.0 Å². The third-order valence-electron chi connectivity index (χ3n) is 6.86. The Morgan fingerprint density at radius 3 is 2.32 bits per heavy atom. The molecule has 3 aliphatic rings. The van der Waals surface area contributed by atoms with Crippen molar-refractivity contribution in [2.24, 2.45) is 12.5 Å². The van der Waals surface area contributed by atoms with E-state index >= 15 is 0 Å². The molecule has 4 heterocycles.